The van der Waals surface area contributed by atoms with E-state index in [1.165, 1.54) is 5.69 Å². The lowest BCUT2D eigenvalue weighted by Crippen LogP contribution is -2.45. The molecule has 2 aromatic heterocycles. The van der Waals surface area contributed by atoms with E-state index in [1.807, 2.05) is 13.1 Å². The molecule has 0 aliphatic carbocycles. The van der Waals surface area contributed by atoms with Crippen LogP contribution in [0.2, 0.25) is 0 Å². The molecule has 0 amide bonds. The molecule has 0 saturated carbocycles. The Labute approximate surface area is 113 Å². The van der Waals surface area contributed by atoms with Crippen LogP contribution in [0.15, 0.2) is 24.4 Å². The van der Waals surface area contributed by atoms with Crippen molar-refractivity contribution in [2.24, 2.45) is 0 Å². The first kappa shape index (κ1) is 12.4. The van der Waals surface area contributed by atoms with Gasteiger partial charge in [-0.1, -0.05) is 6.07 Å². The van der Waals surface area contributed by atoms with E-state index in [4.69, 9.17) is 4.98 Å². The van der Waals surface area contributed by atoms with Crippen molar-refractivity contribution < 1.29 is 0 Å². The van der Waals surface area contributed by atoms with E-state index in [-0.39, 0.29) is 0 Å². The second-order valence-corrected chi connectivity index (χ2v) is 5.13. The fourth-order valence-electron chi connectivity index (χ4n) is 2.64. The number of hydrogen-bond acceptors (Lipinski definition) is 4. The maximum Gasteiger partial charge on any atom is 0.152 e. The van der Waals surface area contributed by atoms with Gasteiger partial charge in [0.05, 0.1) is 5.69 Å². The average molecular weight is 259 g/mol. The van der Waals surface area contributed by atoms with E-state index >= 15 is 0 Å². The molecule has 0 aromatic carbocycles. The number of piperazine rings is 1. The maximum atomic E-state index is 4.81. The summed E-state index contributed by atoms with van der Waals surface area (Å²) >= 11 is 0. The Kier molecular flexibility index (Phi) is 3.40. The van der Waals surface area contributed by atoms with E-state index in [0.717, 1.165) is 44.2 Å². The van der Waals surface area contributed by atoms with Gasteiger partial charge >= 0.3 is 0 Å². The van der Waals surface area contributed by atoms with Crippen molar-refractivity contribution >= 4 is 11.5 Å². The highest BCUT2D eigenvalue weighted by atomic mass is 15.3. The van der Waals surface area contributed by atoms with Crippen LogP contribution in [0.3, 0.4) is 0 Å². The number of hydrogen-bond donors (Lipinski definition) is 1. The first-order valence-corrected chi connectivity index (χ1v) is 6.83. The predicted octanol–water partition coefficient (Wildman–Crippen LogP) is 0.805. The largest absolute Gasteiger partial charge is 0.352 e. The van der Waals surface area contributed by atoms with Gasteiger partial charge in [0.1, 0.15) is 5.65 Å². The molecule has 0 spiro atoms. The van der Waals surface area contributed by atoms with Crippen LogP contribution in [0.25, 0.3) is 5.65 Å². The SMILES string of the molecule is CNCc1c(N2CCN(C)CC2)nc2ccccn12. The second kappa shape index (κ2) is 5.19. The molecule has 1 fully saturated rings. The van der Waals surface area contributed by atoms with Gasteiger partial charge in [0.25, 0.3) is 0 Å². The van der Waals surface area contributed by atoms with Crippen LogP contribution in [-0.2, 0) is 6.54 Å². The van der Waals surface area contributed by atoms with Gasteiger partial charge < -0.3 is 19.5 Å². The van der Waals surface area contributed by atoms with E-state index in [9.17, 15) is 0 Å². The Morgan fingerprint density at radius 2 is 2.00 bits per heavy atom. The normalized spacial score (nSPS) is 17.3. The van der Waals surface area contributed by atoms with Crippen molar-refractivity contribution in [3.05, 3.63) is 30.1 Å². The summed E-state index contributed by atoms with van der Waals surface area (Å²) in [6.07, 6.45) is 2.09. The number of fused-ring (bicyclic) bond motifs is 1. The zero-order valence-electron chi connectivity index (χ0n) is 11.6. The van der Waals surface area contributed by atoms with E-state index in [2.05, 4.69) is 44.9 Å². The summed E-state index contributed by atoms with van der Waals surface area (Å²) in [6, 6.07) is 6.17. The van der Waals surface area contributed by atoms with Gasteiger partial charge in [-0.05, 0) is 26.2 Å². The third kappa shape index (κ3) is 2.31. The molecule has 19 heavy (non-hydrogen) atoms. The number of likely N-dealkylation sites (N-methyl/N-ethyl adjacent to an activating group) is 1. The molecule has 1 saturated heterocycles. The number of nitrogens with zero attached hydrogens (tertiary/aromatic N) is 4. The summed E-state index contributed by atoms with van der Waals surface area (Å²) in [5.74, 6) is 1.13. The molecule has 1 aliphatic rings. The number of anilines is 1. The summed E-state index contributed by atoms with van der Waals surface area (Å²) in [4.78, 5) is 9.58. The molecule has 102 valence electrons. The minimum atomic E-state index is 0.840. The monoisotopic (exact) mass is 259 g/mol. The summed E-state index contributed by atoms with van der Waals surface area (Å²) in [5, 5.41) is 3.25. The summed E-state index contributed by atoms with van der Waals surface area (Å²) in [5.41, 5.74) is 2.28. The minimum absolute atomic E-state index is 0.840. The van der Waals surface area contributed by atoms with Crippen molar-refractivity contribution in [2.45, 2.75) is 6.54 Å². The Balaban J connectivity index is 1.99. The highest BCUT2D eigenvalue weighted by Gasteiger charge is 2.20. The second-order valence-electron chi connectivity index (χ2n) is 5.13. The van der Waals surface area contributed by atoms with Crippen LogP contribution in [0, 0.1) is 0 Å². The molecule has 1 aliphatic heterocycles. The maximum absolute atomic E-state index is 4.81. The highest BCUT2D eigenvalue weighted by Crippen LogP contribution is 2.22. The molecular formula is C14H21N5. The lowest BCUT2D eigenvalue weighted by molar-refractivity contribution is 0.312. The molecule has 3 rings (SSSR count). The molecule has 1 N–H and O–H groups in total. The van der Waals surface area contributed by atoms with Crippen molar-refractivity contribution in [1.82, 2.24) is 19.6 Å². The predicted molar refractivity (Wildman–Crippen MR) is 77.7 cm³/mol. The van der Waals surface area contributed by atoms with E-state index in [1.54, 1.807) is 0 Å². The average Bonchev–Trinajstić information content (AvgIpc) is 2.79. The van der Waals surface area contributed by atoms with Gasteiger partial charge in [0.15, 0.2) is 5.82 Å². The third-order valence-corrected chi connectivity index (χ3v) is 3.75. The Bertz CT molecular complexity index is 554. The number of nitrogens with one attached hydrogen (secondary N) is 1. The fraction of sp³-hybridized carbons (Fsp3) is 0.500. The lowest BCUT2D eigenvalue weighted by Gasteiger charge is -2.33. The van der Waals surface area contributed by atoms with Gasteiger partial charge in [0.2, 0.25) is 0 Å². The quantitative estimate of drug-likeness (QED) is 0.885. The molecule has 0 bridgehead atoms. The fourth-order valence-corrected chi connectivity index (χ4v) is 2.64. The topological polar surface area (TPSA) is 35.8 Å². The van der Waals surface area contributed by atoms with Crippen LogP contribution >= 0.6 is 0 Å². The van der Waals surface area contributed by atoms with Gasteiger partial charge in [-0.15, -0.1) is 0 Å². The molecule has 0 unspecified atom stereocenters. The molecule has 5 nitrogen and oxygen atoms in total. The van der Waals surface area contributed by atoms with E-state index < -0.39 is 0 Å². The first-order chi connectivity index (χ1) is 9.29. The zero-order valence-corrected chi connectivity index (χ0v) is 11.6. The smallest absolute Gasteiger partial charge is 0.152 e. The zero-order chi connectivity index (χ0) is 13.2. The number of pyridine rings is 1. The first-order valence-electron chi connectivity index (χ1n) is 6.83. The molecule has 3 heterocycles. The summed E-state index contributed by atoms with van der Waals surface area (Å²) < 4.78 is 2.18. The molecular weight excluding hydrogens is 238 g/mol. The van der Waals surface area contributed by atoms with Crippen molar-refractivity contribution in [3.63, 3.8) is 0 Å². The number of aromatic nitrogens is 2. The van der Waals surface area contributed by atoms with Crippen LogP contribution in [0.1, 0.15) is 5.69 Å². The van der Waals surface area contributed by atoms with Crippen LogP contribution in [0.4, 0.5) is 5.82 Å². The standard InChI is InChI=1S/C14H21N5/c1-15-11-12-14(18-9-7-17(2)8-10-18)16-13-5-3-4-6-19(12)13/h3-6,15H,7-11H2,1-2H3. The Hall–Kier alpha value is -1.59. The van der Waals surface area contributed by atoms with Crippen molar-refractivity contribution in [2.75, 3.05) is 45.2 Å². The Morgan fingerprint density at radius 1 is 1.21 bits per heavy atom. The van der Waals surface area contributed by atoms with Crippen LogP contribution in [0.5, 0.6) is 0 Å². The third-order valence-electron chi connectivity index (χ3n) is 3.75. The van der Waals surface area contributed by atoms with Gasteiger partial charge in [-0.3, -0.25) is 0 Å². The number of rotatable bonds is 3. The molecule has 0 radical (unpaired) electrons. The molecule has 0 atom stereocenters. The lowest BCUT2D eigenvalue weighted by atomic mass is 10.3. The number of imidazole rings is 1. The van der Waals surface area contributed by atoms with Gasteiger partial charge in [-0.2, -0.15) is 0 Å². The van der Waals surface area contributed by atoms with Crippen LogP contribution < -0.4 is 10.2 Å². The molecule has 5 heteroatoms. The highest BCUT2D eigenvalue weighted by molar-refractivity contribution is 5.56. The summed E-state index contributed by atoms with van der Waals surface area (Å²) in [6.45, 7) is 5.15. The molecule has 2 aromatic rings. The van der Waals surface area contributed by atoms with Crippen molar-refractivity contribution in [1.29, 1.82) is 0 Å². The van der Waals surface area contributed by atoms with Crippen LogP contribution in [-0.4, -0.2) is 54.6 Å². The van der Waals surface area contributed by atoms with E-state index in [0.29, 0.717) is 0 Å². The van der Waals surface area contributed by atoms with Gasteiger partial charge in [0, 0.05) is 38.9 Å². The summed E-state index contributed by atoms with van der Waals surface area (Å²) in [7, 11) is 4.16. The van der Waals surface area contributed by atoms with Gasteiger partial charge in [-0.25, -0.2) is 4.98 Å². The minimum Gasteiger partial charge on any atom is -0.352 e. The Morgan fingerprint density at radius 3 is 2.74 bits per heavy atom. The van der Waals surface area contributed by atoms with Crippen molar-refractivity contribution in [3.8, 4) is 0 Å².